The quantitative estimate of drug-likeness (QED) is 0.0983. The zero-order valence-electron chi connectivity index (χ0n) is 19.2. The minimum absolute atomic E-state index is 0.312. The van der Waals surface area contributed by atoms with Crippen molar-refractivity contribution in [1.29, 1.82) is 0 Å². The lowest BCUT2D eigenvalue weighted by Gasteiger charge is -2.09. The maximum Gasteiger partial charge on any atom is 0.265 e. The molecule has 0 saturated heterocycles. The molecule has 0 atom stereocenters. The van der Waals surface area contributed by atoms with Crippen molar-refractivity contribution >= 4 is 47.2 Å². The van der Waals surface area contributed by atoms with Gasteiger partial charge in [0.1, 0.15) is 12.4 Å². The average Bonchev–Trinajstić information content (AvgIpc) is 2.90. The van der Waals surface area contributed by atoms with Gasteiger partial charge in [0.05, 0.1) is 10.5 Å². The van der Waals surface area contributed by atoms with Gasteiger partial charge in [-0.2, -0.15) is 5.10 Å². The maximum absolute atomic E-state index is 12.7. The smallest absolute Gasteiger partial charge is 0.265 e. The lowest BCUT2D eigenvalue weighted by Crippen LogP contribution is -2.14. The molecule has 7 heteroatoms. The van der Waals surface area contributed by atoms with E-state index in [2.05, 4.69) is 10.5 Å². The molecule has 0 aliphatic rings. The molecule has 0 aliphatic carbocycles. The third kappa shape index (κ3) is 8.34. The monoisotopic (exact) mass is 530 g/mol. The molecule has 0 unspecified atom stereocenters. The first-order chi connectivity index (χ1) is 17.7. The van der Waals surface area contributed by atoms with Crippen LogP contribution in [0.25, 0.3) is 0 Å². The molecule has 1 N–H and O–H groups in total. The average molecular weight is 531 g/mol. The Balaban J connectivity index is 1.41. The number of rotatable bonds is 10. The van der Waals surface area contributed by atoms with Gasteiger partial charge in [0.25, 0.3) is 5.91 Å². The van der Waals surface area contributed by atoms with E-state index in [1.165, 1.54) is 23.5 Å². The highest BCUT2D eigenvalue weighted by atomic mass is 35.5. The van der Waals surface area contributed by atoms with Gasteiger partial charge in [0.2, 0.25) is 0 Å². The van der Waals surface area contributed by atoms with Gasteiger partial charge in [-0.05, 0) is 54.1 Å². The fourth-order valence-electron chi connectivity index (χ4n) is 3.05. The van der Waals surface area contributed by atoms with Crippen LogP contribution in [-0.2, 0) is 11.4 Å². The highest BCUT2D eigenvalue weighted by Crippen LogP contribution is 2.38. The van der Waals surface area contributed by atoms with Crippen LogP contribution in [0.15, 0.2) is 134 Å². The maximum atomic E-state index is 12.7. The van der Waals surface area contributed by atoms with E-state index >= 15 is 0 Å². The number of hydrogen-bond acceptors (Lipinski definition) is 5. The number of amides is 1. The van der Waals surface area contributed by atoms with Crippen molar-refractivity contribution in [2.45, 2.75) is 16.4 Å². The molecule has 180 valence electrons. The normalized spacial score (nSPS) is 10.7. The fraction of sp³-hybridized carbons (Fsp3) is 0.0345. The zero-order chi connectivity index (χ0) is 25.0. The Bertz CT molecular complexity index is 1290. The second kappa shape index (κ2) is 13.6. The van der Waals surface area contributed by atoms with Crippen molar-refractivity contribution in [3.63, 3.8) is 0 Å². The summed E-state index contributed by atoms with van der Waals surface area (Å²) in [5.41, 5.74) is 4.36. The molecule has 0 heterocycles. The third-order valence-corrected chi connectivity index (χ3v) is 7.18. The zero-order valence-corrected chi connectivity index (χ0v) is 21.6. The number of hydrogen-bond donors (Lipinski definition) is 1. The van der Waals surface area contributed by atoms with Crippen LogP contribution in [0.3, 0.4) is 0 Å². The van der Waals surface area contributed by atoms with Crippen molar-refractivity contribution in [2.24, 2.45) is 5.10 Å². The van der Waals surface area contributed by atoms with Gasteiger partial charge >= 0.3 is 0 Å². The first kappa shape index (κ1) is 25.6. The van der Waals surface area contributed by atoms with E-state index in [-0.39, 0.29) is 5.91 Å². The largest absolute Gasteiger partial charge is 0.488 e. The van der Waals surface area contributed by atoms with E-state index in [0.717, 1.165) is 25.2 Å². The van der Waals surface area contributed by atoms with Gasteiger partial charge in [0.15, 0.2) is 0 Å². The van der Waals surface area contributed by atoms with Crippen LogP contribution < -0.4 is 10.2 Å². The second-order valence-electron chi connectivity index (χ2n) is 7.48. The molecule has 0 radical (unpaired) electrons. The highest BCUT2D eigenvalue weighted by molar-refractivity contribution is 8.22. The molecule has 0 bridgehead atoms. The molecular formula is C29H23ClN2O2S2. The Kier molecular flexibility index (Phi) is 9.68. The van der Waals surface area contributed by atoms with E-state index in [1.54, 1.807) is 12.3 Å². The molecule has 4 rings (SSSR count). The molecule has 4 nitrogen and oxygen atoms in total. The fourth-order valence-corrected chi connectivity index (χ4v) is 5.31. The molecule has 1 amide bonds. The number of ether oxygens (including phenoxy) is 1. The Morgan fingerprint density at radius 2 is 1.39 bits per heavy atom. The van der Waals surface area contributed by atoms with Crippen LogP contribution in [0.5, 0.6) is 5.75 Å². The van der Waals surface area contributed by atoms with Gasteiger partial charge in [-0.3, -0.25) is 4.79 Å². The number of benzene rings is 4. The van der Waals surface area contributed by atoms with Crippen LogP contribution in [0.2, 0.25) is 5.02 Å². The summed E-state index contributed by atoms with van der Waals surface area (Å²) in [5, 5.41) is 4.83. The second-order valence-corrected chi connectivity index (χ2v) is 10.4. The number of para-hydroxylation sites is 1. The number of nitrogens with zero attached hydrogens (tertiary/aromatic N) is 1. The lowest BCUT2D eigenvalue weighted by atomic mass is 10.2. The standard InChI is InChI=1S/C29H23ClN2O2S2/c30-24-17-15-22(16-18-24)21-34-27-14-8-7-9-23(27)20-31-32-28(33)19-29(35-25-10-3-1-4-11-25)36-26-12-5-2-6-13-26/h1-20H,21H2,(H,32,33)/b31-20+. The summed E-state index contributed by atoms with van der Waals surface area (Å²) in [5.74, 6) is 0.355. The van der Waals surface area contributed by atoms with Gasteiger partial charge in [-0.25, -0.2) is 5.43 Å². The summed E-state index contributed by atoms with van der Waals surface area (Å²) in [6.45, 7) is 0.397. The van der Waals surface area contributed by atoms with Gasteiger partial charge in [0, 0.05) is 26.5 Å². The van der Waals surface area contributed by atoms with Gasteiger partial charge < -0.3 is 4.74 Å². The van der Waals surface area contributed by atoms with Crippen LogP contribution in [-0.4, -0.2) is 12.1 Å². The van der Waals surface area contributed by atoms with Crippen molar-refractivity contribution in [1.82, 2.24) is 5.43 Å². The molecule has 4 aromatic rings. The predicted octanol–water partition coefficient (Wildman–Crippen LogP) is 7.80. The summed E-state index contributed by atoms with van der Waals surface area (Å²) in [6, 6.07) is 34.9. The number of nitrogens with one attached hydrogen (secondary N) is 1. The molecule has 0 aromatic heterocycles. The Hall–Kier alpha value is -3.45. The summed E-state index contributed by atoms with van der Waals surface area (Å²) >= 11 is 9.01. The highest BCUT2D eigenvalue weighted by Gasteiger charge is 2.07. The van der Waals surface area contributed by atoms with Crippen LogP contribution in [0, 0.1) is 0 Å². The molecule has 0 aliphatic heterocycles. The van der Waals surface area contributed by atoms with Gasteiger partial charge in [-0.1, -0.05) is 95.8 Å². The summed E-state index contributed by atoms with van der Waals surface area (Å²) in [7, 11) is 0. The first-order valence-corrected chi connectivity index (χ1v) is 13.1. The number of carbonyl (C=O) groups is 1. The predicted molar refractivity (Wildman–Crippen MR) is 151 cm³/mol. The summed E-state index contributed by atoms with van der Waals surface area (Å²) in [6.07, 6.45) is 3.15. The van der Waals surface area contributed by atoms with E-state index in [9.17, 15) is 4.79 Å². The molecule has 0 fully saturated rings. The van der Waals surface area contributed by atoms with Gasteiger partial charge in [-0.15, -0.1) is 0 Å². The lowest BCUT2D eigenvalue weighted by molar-refractivity contribution is -0.116. The number of thioether (sulfide) groups is 2. The molecule has 0 saturated carbocycles. The van der Waals surface area contributed by atoms with Crippen LogP contribution >= 0.6 is 35.1 Å². The van der Waals surface area contributed by atoms with Crippen molar-refractivity contribution in [3.05, 3.63) is 136 Å². The Morgan fingerprint density at radius 1 is 0.806 bits per heavy atom. The molecule has 36 heavy (non-hydrogen) atoms. The summed E-state index contributed by atoms with van der Waals surface area (Å²) in [4.78, 5) is 14.8. The summed E-state index contributed by atoms with van der Waals surface area (Å²) < 4.78 is 6.79. The first-order valence-electron chi connectivity index (χ1n) is 11.1. The van der Waals surface area contributed by atoms with E-state index < -0.39 is 0 Å². The van der Waals surface area contributed by atoms with Crippen molar-refractivity contribution < 1.29 is 9.53 Å². The van der Waals surface area contributed by atoms with Crippen LogP contribution in [0.4, 0.5) is 0 Å². The van der Waals surface area contributed by atoms with Crippen molar-refractivity contribution in [3.8, 4) is 5.75 Å². The number of hydrazone groups is 1. The minimum atomic E-state index is -0.312. The minimum Gasteiger partial charge on any atom is -0.488 e. The number of carbonyl (C=O) groups excluding carboxylic acids is 1. The van der Waals surface area contributed by atoms with E-state index in [1.807, 2.05) is 109 Å². The van der Waals surface area contributed by atoms with E-state index in [4.69, 9.17) is 16.3 Å². The van der Waals surface area contributed by atoms with E-state index in [0.29, 0.717) is 17.4 Å². The Morgan fingerprint density at radius 3 is 2.03 bits per heavy atom. The topological polar surface area (TPSA) is 50.7 Å². The molecular weight excluding hydrogens is 508 g/mol. The van der Waals surface area contributed by atoms with Crippen LogP contribution in [0.1, 0.15) is 11.1 Å². The molecule has 0 spiro atoms. The van der Waals surface area contributed by atoms with Crippen molar-refractivity contribution in [2.75, 3.05) is 0 Å². The number of halogens is 1. The third-order valence-electron chi connectivity index (χ3n) is 4.78. The Labute approximate surface area is 224 Å². The molecule has 4 aromatic carbocycles. The SMILES string of the molecule is O=C(C=C(Sc1ccccc1)Sc1ccccc1)N/N=C/c1ccccc1OCc1ccc(Cl)cc1.